The monoisotopic (exact) mass is 216 g/mol. The SMILES string of the molecule is Cc1cccc(NC(=O)c2cnn(C)n2)c1. The Kier molecular flexibility index (Phi) is 2.68. The summed E-state index contributed by atoms with van der Waals surface area (Å²) in [5.74, 6) is -0.251. The molecular weight excluding hydrogens is 204 g/mol. The number of carbonyl (C=O) groups excluding carboxylic acids is 1. The molecule has 0 fully saturated rings. The number of nitrogens with zero attached hydrogens (tertiary/aromatic N) is 3. The Morgan fingerprint density at radius 1 is 1.44 bits per heavy atom. The summed E-state index contributed by atoms with van der Waals surface area (Å²) in [6.45, 7) is 1.97. The van der Waals surface area contributed by atoms with Crippen LogP contribution in [-0.4, -0.2) is 20.9 Å². The van der Waals surface area contributed by atoms with Gasteiger partial charge in [0.2, 0.25) is 0 Å². The average molecular weight is 216 g/mol. The quantitative estimate of drug-likeness (QED) is 0.824. The van der Waals surface area contributed by atoms with Gasteiger partial charge in [-0.25, -0.2) is 0 Å². The Labute approximate surface area is 93.1 Å². The van der Waals surface area contributed by atoms with E-state index in [0.717, 1.165) is 11.3 Å². The van der Waals surface area contributed by atoms with Gasteiger partial charge in [-0.15, -0.1) is 5.10 Å². The van der Waals surface area contributed by atoms with E-state index in [1.165, 1.54) is 11.0 Å². The van der Waals surface area contributed by atoms with Gasteiger partial charge in [-0.05, 0) is 24.6 Å². The molecule has 0 atom stereocenters. The van der Waals surface area contributed by atoms with Crippen LogP contribution in [0.4, 0.5) is 5.69 Å². The number of aromatic nitrogens is 3. The third-order valence-corrected chi connectivity index (χ3v) is 2.11. The van der Waals surface area contributed by atoms with Gasteiger partial charge in [0, 0.05) is 12.7 Å². The van der Waals surface area contributed by atoms with Crippen molar-refractivity contribution < 1.29 is 4.79 Å². The molecule has 0 spiro atoms. The number of rotatable bonds is 2. The lowest BCUT2D eigenvalue weighted by Gasteiger charge is -2.03. The Hall–Kier alpha value is -2.17. The summed E-state index contributed by atoms with van der Waals surface area (Å²) in [5.41, 5.74) is 2.16. The van der Waals surface area contributed by atoms with Crippen molar-refractivity contribution >= 4 is 11.6 Å². The zero-order valence-electron chi connectivity index (χ0n) is 9.14. The van der Waals surface area contributed by atoms with Gasteiger partial charge in [0.25, 0.3) is 5.91 Å². The number of anilines is 1. The first-order chi connectivity index (χ1) is 7.65. The number of carbonyl (C=O) groups is 1. The van der Waals surface area contributed by atoms with Crippen molar-refractivity contribution in [2.75, 3.05) is 5.32 Å². The molecule has 0 aliphatic heterocycles. The van der Waals surface area contributed by atoms with E-state index < -0.39 is 0 Å². The van der Waals surface area contributed by atoms with Crippen LogP contribution in [0, 0.1) is 6.92 Å². The van der Waals surface area contributed by atoms with Crippen molar-refractivity contribution in [1.29, 1.82) is 0 Å². The highest BCUT2D eigenvalue weighted by Crippen LogP contribution is 2.10. The maximum Gasteiger partial charge on any atom is 0.277 e. The topological polar surface area (TPSA) is 59.8 Å². The summed E-state index contributed by atoms with van der Waals surface area (Å²) in [7, 11) is 1.67. The fourth-order valence-corrected chi connectivity index (χ4v) is 1.37. The highest BCUT2D eigenvalue weighted by atomic mass is 16.2. The fourth-order valence-electron chi connectivity index (χ4n) is 1.37. The smallest absolute Gasteiger partial charge is 0.277 e. The summed E-state index contributed by atoms with van der Waals surface area (Å²) >= 11 is 0. The summed E-state index contributed by atoms with van der Waals surface area (Å²) in [4.78, 5) is 13.1. The van der Waals surface area contributed by atoms with Crippen LogP contribution in [0.15, 0.2) is 30.5 Å². The molecule has 1 aromatic carbocycles. The van der Waals surface area contributed by atoms with Gasteiger partial charge in [0.05, 0.1) is 6.20 Å². The van der Waals surface area contributed by atoms with E-state index in [2.05, 4.69) is 15.5 Å². The highest BCUT2D eigenvalue weighted by Gasteiger charge is 2.09. The molecule has 0 aliphatic rings. The summed E-state index contributed by atoms with van der Waals surface area (Å²) < 4.78 is 0. The van der Waals surface area contributed by atoms with Gasteiger partial charge in [0.1, 0.15) is 0 Å². The summed E-state index contributed by atoms with van der Waals surface area (Å²) in [5, 5.41) is 10.5. The summed E-state index contributed by atoms with van der Waals surface area (Å²) in [6.07, 6.45) is 1.44. The molecule has 1 heterocycles. The number of benzene rings is 1. The highest BCUT2D eigenvalue weighted by molar-refractivity contribution is 6.02. The third kappa shape index (κ3) is 2.25. The Morgan fingerprint density at radius 3 is 2.88 bits per heavy atom. The van der Waals surface area contributed by atoms with Crippen molar-refractivity contribution in [3.8, 4) is 0 Å². The molecule has 2 rings (SSSR count). The van der Waals surface area contributed by atoms with Crippen LogP contribution in [0.2, 0.25) is 0 Å². The minimum absolute atomic E-state index is 0.251. The van der Waals surface area contributed by atoms with Crippen molar-refractivity contribution in [3.05, 3.63) is 41.7 Å². The molecule has 1 aromatic heterocycles. The maximum atomic E-state index is 11.7. The number of hydrogen-bond donors (Lipinski definition) is 1. The lowest BCUT2D eigenvalue weighted by Crippen LogP contribution is -2.13. The molecule has 5 nitrogen and oxygen atoms in total. The molecule has 0 unspecified atom stereocenters. The molecule has 0 aliphatic carbocycles. The van der Waals surface area contributed by atoms with E-state index in [1.54, 1.807) is 7.05 Å². The molecule has 0 saturated carbocycles. The van der Waals surface area contributed by atoms with Crippen LogP contribution in [0.1, 0.15) is 16.1 Å². The van der Waals surface area contributed by atoms with Gasteiger partial charge in [-0.1, -0.05) is 12.1 Å². The Balaban J connectivity index is 2.13. The van der Waals surface area contributed by atoms with Gasteiger partial charge < -0.3 is 5.32 Å². The molecule has 0 bridgehead atoms. The first kappa shape index (κ1) is 10.4. The number of amides is 1. The maximum absolute atomic E-state index is 11.7. The molecule has 2 aromatic rings. The second-order valence-corrected chi connectivity index (χ2v) is 3.54. The van der Waals surface area contributed by atoms with Crippen LogP contribution in [0.3, 0.4) is 0 Å². The third-order valence-electron chi connectivity index (χ3n) is 2.11. The molecule has 82 valence electrons. The molecule has 16 heavy (non-hydrogen) atoms. The van der Waals surface area contributed by atoms with Crippen LogP contribution >= 0.6 is 0 Å². The van der Waals surface area contributed by atoms with E-state index in [4.69, 9.17) is 0 Å². The van der Waals surface area contributed by atoms with E-state index in [1.807, 2.05) is 31.2 Å². The predicted octanol–water partition coefficient (Wildman–Crippen LogP) is 1.38. The zero-order valence-corrected chi connectivity index (χ0v) is 9.14. The largest absolute Gasteiger partial charge is 0.321 e. The molecule has 5 heteroatoms. The minimum atomic E-state index is -0.251. The lowest BCUT2D eigenvalue weighted by molar-refractivity contribution is 0.102. The van der Waals surface area contributed by atoms with E-state index in [-0.39, 0.29) is 5.91 Å². The van der Waals surface area contributed by atoms with Crippen LogP contribution in [0.25, 0.3) is 0 Å². The molecule has 1 amide bonds. The second kappa shape index (κ2) is 4.14. The van der Waals surface area contributed by atoms with Crippen molar-refractivity contribution in [1.82, 2.24) is 15.0 Å². The number of aryl methyl sites for hydroxylation is 2. The lowest BCUT2D eigenvalue weighted by atomic mass is 10.2. The van der Waals surface area contributed by atoms with Gasteiger partial charge in [-0.3, -0.25) is 4.79 Å². The first-order valence-corrected chi connectivity index (χ1v) is 4.89. The van der Waals surface area contributed by atoms with Crippen LogP contribution in [-0.2, 0) is 7.05 Å². The minimum Gasteiger partial charge on any atom is -0.321 e. The van der Waals surface area contributed by atoms with Gasteiger partial charge in [-0.2, -0.15) is 9.90 Å². The molecular formula is C11H12N4O. The Bertz CT molecular complexity index is 518. The van der Waals surface area contributed by atoms with Crippen molar-refractivity contribution in [2.24, 2.45) is 7.05 Å². The summed E-state index contributed by atoms with van der Waals surface area (Å²) in [6, 6.07) is 7.59. The average Bonchev–Trinajstić information content (AvgIpc) is 2.65. The molecule has 1 N–H and O–H groups in total. The normalized spacial score (nSPS) is 10.1. The standard InChI is InChI=1S/C11H12N4O/c1-8-4-3-5-9(6-8)13-11(16)10-7-12-15(2)14-10/h3-7H,1-2H3,(H,13,16). The zero-order chi connectivity index (χ0) is 11.5. The van der Waals surface area contributed by atoms with Gasteiger partial charge >= 0.3 is 0 Å². The van der Waals surface area contributed by atoms with E-state index >= 15 is 0 Å². The van der Waals surface area contributed by atoms with Crippen molar-refractivity contribution in [3.63, 3.8) is 0 Å². The number of nitrogens with one attached hydrogen (secondary N) is 1. The van der Waals surface area contributed by atoms with Crippen molar-refractivity contribution in [2.45, 2.75) is 6.92 Å². The Morgan fingerprint density at radius 2 is 2.25 bits per heavy atom. The predicted molar refractivity (Wildman–Crippen MR) is 60.1 cm³/mol. The second-order valence-electron chi connectivity index (χ2n) is 3.54. The number of hydrogen-bond acceptors (Lipinski definition) is 3. The molecule has 0 saturated heterocycles. The fraction of sp³-hybridized carbons (Fsp3) is 0.182. The van der Waals surface area contributed by atoms with E-state index in [9.17, 15) is 4.79 Å². The first-order valence-electron chi connectivity index (χ1n) is 4.89. The van der Waals surface area contributed by atoms with E-state index in [0.29, 0.717) is 5.69 Å². The molecule has 0 radical (unpaired) electrons. The van der Waals surface area contributed by atoms with Crippen LogP contribution in [0.5, 0.6) is 0 Å². The van der Waals surface area contributed by atoms with Crippen LogP contribution < -0.4 is 5.32 Å². The van der Waals surface area contributed by atoms with Gasteiger partial charge in [0.15, 0.2) is 5.69 Å².